The molecule has 2 heterocycles. The summed E-state index contributed by atoms with van der Waals surface area (Å²) in [6.07, 6.45) is 0. The van der Waals surface area contributed by atoms with Gasteiger partial charge in [-0.05, 0) is 48.9 Å². The molecule has 6 heteroatoms. The highest BCUT2D eigenvalue weighted by atomic mass is 32.1. The molecule has 1 aromatic heterocycles. The lowest BCUT2D eigenvalue weighted by Gasteiger charge is -2.34. The number of amides is 1. The van der Waals surface area contributed by atoms with Crippen LogP contribution in [0.1, 0.15) is 15.9 Å². The van der Waals surface area contributed by atoms with E-state index in [1.807, 2.05) is 48.2 Å². The zero-order valence-electron chi connectivity index (χ0n) is 16.0. The van der Waals surface area contributed by atoms with Crippen LogP contribution in [0, 0.1) is 6.92 Å². The second-order valence-corrected chi connectivity index (χ2v) is 8.20. The van der Waals surface area contributed by atoms with E-state index < -0.39 is 0 Å². The van der Waals surface area contributed by atoms with Crippen LogP contribution >= 0.6 is 11.3 Å². The average molecular weight is 381 g/mol. The van der Waals surface area contributed by atoms with E-state index in [2.05, 4.69) is 30.0 Å². The Morgan fingerprint density at radius 3 is 2.41 bits per heavy atom. The number of aromatic nitrogens is 1. The Bertz CT molecular complexity index is 956. The molecular weight excluding hydrogens is 356 g/mol. The molecule has 1 aliphatic heterocycles. The van der Waals surface area contributed by atoms with Gasteiger partial charge in [-0.2, -0.15) is 0 Å². The van der Waals surface area contributed by atoms with Gasteiger partial charge >= 0.3 is 0 Å². The molecule has 0 N–H and O–H groups in total. The first-order chi connectivity index (χ1) is 13.0. The Kier molecular flexibility index (Phi) is 4.74. The fourth-order valence-corrected chi connectivity index (χ4v) is 4.46. The fraction of sp³-hybridized carbons (Fsp3) is 0.333. The van der Waals surface area contributed by atoms with Crippen molar-refractivity contribution in [3.05, 3.63) is 53.6 Å². The monoisotopic (exact) mass is 380 g/mol. The van der Waals surface area contributed by atoms with Crippen LogP contribution in [0.3, 0.4) is 0 Å². The Morgan fingerprint density at radius 1 is 1.04 bits per heavy atom. The standard InChI is InChI=1S/C21H24N4OS/c1-15-4-9-18-19(14-15)27-21(22-18)25-12-10-24(11-13-25)20(26)16-5-7-17(8-6-16)23(2)3/h4-9,14H,10-13H2,1-3H3. The summed E-state index contributed by atoms with van der Waals surface area (Å²) in [6.45, 7) is 5.20. The molecule has 1 fully saturated rings. The van der Waals surface area contributed by atoms with E-state index in [-0.39, 0.29) is 5.91 Å². The summed E-state index contributed by atoms with van der Waals surface area (Å²) < 4.78 is 1.23. The molecule has 0 saturated carbocycles. The van der Waals surface area contributed by atoms with Gasteiger partial charge in [0.1, 0.15) is 0 Å². The van der Waals surface area contributed by atoms with Crippen molar-refractivity contribution in [2.75, 3.05) is 50.1 Å². The number of hydrogen-bond donors (Lipinski definition) is 0. The Morgan fingerprint density at radius 2 is 1.74 bits per heavy atom. The molecule has 2 aromatic carbocycles. The van der Waals surface area contributed by atoms with Crippen LogP contribution in [0.2, 0.25) is 0 Å². The van der Waals surface area contributed by atoms with Crippen LogP contribution in [-0.2, 0) is 0 Å². The second kappa shape index (κ2) is 7.19. The molecule has 0 atom stereocenters. The van der Waals surface area contributed by atoms with E-state index in [9.17, 15) is 4.79 Å². The predicted octanol–water partition coefficient (Wildman–Crippen LogP) is 3.63. The van der Waals surface area contributed by atoms with E-state index in [4.69, 9.17) is 4.98 Å². The molecule has 0 bridgehead atoms. The van der Waals surface area contributed by atoms with Crippen molar-refractivity contribution in [1.82, 2.24) is 9.88 Å². The van der Waals surface area contributed by atoms with E-state index in [0.717, 1.165) is 48.1 Å². The van der Waals surface area contributed by atoms with Gasteiger partial charge in [0.15, 0.2) is 5.13 Å². The third-order valence-corrected chi connectivity index (χ3v) is 6.08. The van der Waals surface area contributed by atoms with Crippen molar-refractivity contribution in [3.63, 3.8) is 0 Å². The molecule has 3 aromatic rings. The van der Waals surface area contributed by atoms with Gasteiger partial charge in [0.05, 0.1) is 10.2 Å². The predicted molar refractivity (Wildman–Crippen MR) is 113 cm³/mol. The van der Waals surface area contributed by atoms with Crippen LogP contribution < -0.4 is 9.80 Å². The quantitative estimate of drug-likeness (QED) is 0.696. The van der Waals surface area contributed by atoms with Crippen molar-refractivity contribution in [3.8, 4) is 0 Å². The number of benzene rings is 2. The molecule has 0 unspecified atom stereocenters. The van der Waals surface area contributed by atoms with Crippen LogP contribution in [0.15, 0.2) is 42.5 Å². The maximum atomic E-state index is 12.8. The molecule has 140 valence electrons. The molecule has 1 amide bonds. The average Bonchev–Trinajstić information content (AvgIpc) is 3.11. The first-order valence-electron chi connectivity index (χ1n) is 9.20. The number of thiazole rings is 1. The number of nitrogens with zero attached hydrogens (tertiary/aromatic N) is 4. The highest BCUT2D eigenvalue weighted by Gasteiger charge is 2.24. The lowest BCUT2D eigenvalue weighted by Crippen LogP contribution is -2.48. The summed E-state index contributed by atoms with van der Waals surface area (Å²) in [5.74, 6) is 0.111. The molecule has 4 rings (SSSR count). The van der Waals surface area contributed by atoms with Gasteiger partial charge in [-0.25, -0.2) is 4.98 Å². The Labute approximate surface area is 163 Å². The molecule has 5 nitrogen and oxygen atoms in total. The molecular formula is C21H24N4OS. The molecule has 1 aliphatic rings. The summed E-state index contributed by atoms with van der Waals surface area (Å²) in [5, 5.41) is 1.05. The van der Waals surface area contributed by atoms with Gasteiger partial charge in [0, 0.05) is 51.5 Å². The topological polar surface area (TPSA) is 39.7 Å². The minimum Gasteiger partial charge on any atom is -0.378 e. The van der Waals surface area contributed by atoms with Crippen molar-refractivity contribution < 1.29 is 4.79 Å². The van der Waals surface area contributed by atoms with Gasteiger partial charge in [-0.1, -0.05) is 17.4 Å². The highest BCUT2D eigenvalue weighted by molar-refractivity contribution is 7.22. The minimum absolute atomic E-state index is 0.111. The third-order valence-electron chi connectivity index (χ3n) is 5.00. The zero-order valence-corrected chi connectivity index (χ0v) is 16.8. The summed E-state index contributed by atoms with van der Waals surface area (Å²) in [7, 11) is 4.00. The molecule has 0 spiro atoms. The van der Waals surface area contributed by atoms with Gasteiger partial charge in [-0.3, -0.25) is 4.79 Å². The molecule has 27 heavy (non-hydrogen) atoms. The fourth-order valence-electron chi connectivity index (χ4n) is 3.34. The zero-order chi connectivity index (χ0) is 19.0. The van der Waals surface area contributed by atoms with Crippen LogP contribution in [0.5, 0.6) is 0 Å². The van der Waals surface area contributed by atoms with Gasteiger partial charge < -0.3 is 14.7 Å². The summed E-state index contributed by atoms with van der Waals surface area (Å²) in [4.78, 5) is 23.8. The van der Waals surface area contributed by atoms with E-state index in [0.29, 0.717) is 0 Å². The van der Waals surface area contributed by atoms with Crippen molar-refractivity contribution in [2.45, 2.75) is 6.92 Å². The van der Waals surface area contributed by atoms with Crippen molar-refractivity contribution in [1.29, 1.82) is 0 Å². The van der Waals surface area contributed by atoms with Crippen LogP contribution in [0.25, 0.3) is 10.2 Å². The van der Waals surface area contributed by atoms with Gasteiger partial charge in [0.25, 0.3) is 5.91 Å². The Balaban J connectivity index is 1.42. The number of carbonyl (C=O) groups is 1. The lowest BCUT2D eigenvalue weighted by molar-refractivity contribution is 0.0747. The largest absolute Gasteiger partial charge is 0.378 e. The number of anilines is 2. The number of carbonyl (C=O) groups excluding carboxylic acids is 1. The molecule has 1 saturated heterocycles. The van der Waals surface area contributed by atoms with Gasteiger partial charge in [0.2, 0.25) is 0 Å². The summed E-state index contributed by atoms with van der Waals surface area (Å²) in [5.41, 5.74) is 4.17. The van der Waals surface area contributed by atoms with Crippen molar-refractivity contribution in [2.24, 2.45) is 0 Å². The SMILES string of the molecule is Cc1ccc2nc(N3CCN(C(=O)c4ccc(N(C)C)cc4)CC3)sc2c1. The number of piperazine rings is 1. The Hall–Kier alpha value is -2.60. The number of aryl methyl sites for hydroxylation is 1. The van der Waals surface area contributed by atoms with Crippen LogP contribution in [0.4, 0.5) is 10.8 Å². The number of hydrogen-bond acceptors (Lipinski definition) is 5. The van der Waals surface area contributed by atoms with E-state index >= 15 is 0 Å². The van der Waals surface area contributed by atoms with E-state index in [1.165, 1.54) is 10.3 Å². The van der Waals surface area contributed by atoms with Gasteiger partial charge in [-0.15, -0.1) is 0 Å². The third kappa shape index (κ3) is 3.62. The first-order valence-corrected chi connectivity index (χ1v) is 10.0. The maximum absolute atomic E-state index is 12.8. The lowest BCUT2D eigenvalue weighted by atomic mass is 10.1. The number of rotatable bonds is 3. The van der Waals surface area contributed by atoms with Crippen LogP contribution in [-0.4, -0.2) is 56.1 Å². The van der Waals surface area contributed by atoms with E-state index in [1.54, 1.807) is 11.3 Å². The van der Waals surface area contributed by atoms with Crippen molar-refractivity contribution >= 4 is 38.3 Å². The first kappa shape index (κ1) is 17.8. The minimum atomic E-state index is 0.111. The maximum Gasteiger partial charge on any atom is 0.253 e. The smallest absolute Gasteiger partial charge is 0.253 e. The normalized spacial score (nSPS) is 14.6. The highest BCUT2D eigenvalue weighted by Crippen LogP contribution is 2.30. The summed E-state index contributed by atoms with van der Waals surface area (Å²) >= 11 is 1.73. The molecule has 0 radical (unpaired) electrons. The number of fused-ring (bicyclic) bond motifs is 1. The summed E-state index contributed by atoms with van der Waals surface area (Å²) in [6, 6.07) is 14.2. The second-order valence-electron chi connectivity index (χ2n) is 7.19. The molecule has 0 aliphatic carbocycles.